The van der Waals surface area contributed by atoms with Crippen LogP contribution in [0.15, 0.2) is 42.1 Å². The van der Waals surface area contributed by atoms with Crippen molar-refractivity contribution in [1.29, 1.82) is 0 Å². The number of aromatic nitrogens is 3. The van der Waals surface area contributed by atoms with Gasteiger partial charge in [0.2, 0.25) is 5.91 Å². The molecule has 1 aromatic carbocycles. The molecule has 2 aliphatic heterocycles. The molecular formula is C53H78N4O13. The van der Waals surface area contributed by atoms with Gasteiger partial charge in [-0.3, -0.25) is 9.59 Å². The lowest BCUT2D eigenvalue weighted by Gasteiger charge is -2.71. The molecule has 7 aliphatic rings. The molecule has 5 aliphatic carbocycles. The summed E-state index contributed by atoms with van der Waals surface area (Å²) in [5.74, 6) is 0.849. The van der Waals surface area contributed by atoms with Crippen LogP contribution < -0.4 is 10.1 Å². The second-order valence-electron chi connectivity index (χ2n) is 24.1. The Morgan fingerprint density at radius 2 is 1.64 bits per heavy atom. The van der Waals surface area contributed by atoms with Crippen molar-refractivity contribution in [2.75, 3.05) is 20.3 Å². The Balaban J connectivity index is 0.924. The fourth-order valence-corrected chi connectivity index (χ4v) is 15.2. The van der Waals surface area contributed by atoms with Crippen molar-refractivity contribution in [1.82, 2.24) is 20.3 Å². The zero-order chi connectivity index (χ0) is 50.3. The van der Waals surface area contributed by atoms with Gasteiger partial charge in [-0.1, -0.05) is 71.4 Å². The number of esters is 1. The molecule has 1 aromatic heterocycles. The summed E-state index contributed by atoms with van der Waals surface area (Å²) >= 11 is 0. The molecular weight excluding hydrogens is 901 g/mol. The summed E-state index contributed by atoms with van der Waals surface area (Å²) < 4.78 is 37.8. The molecule has 17 heteroatoms. The first-order valence-corrected chi connectivity index (χ1v) is 25.6. The number of benzene rings is 1. The lowest BCUT2D eigenvalue weighted by atomic mass is 9.33. The number of methoxy groups -OCH3 is 1. The Morgan fingerprint density at radius 3 is 2.39 bits per heavy atom. The quantitative estimate of drug-likeness (QED) is 0.0998. The van der Waals surface area contributed by atoms with Crippen LogP contribution in [0.3, 0.4) is 0 Å². The number of ether oxygens (including phenoxy) is 6. The number of amides is 1. The summed E-state index contributed by atoms with van der Waals surface area (Å²) in [6.45, 7) is 17.5. The summed E-state index contributed by atoms with van der Waals surface area (Å²) in [7, 11) is 1.62. The Kier molecular flexibility index (Phi) is 13.8. The monoisotopic (exact) mass is 979 g/mol. The molecule has 0 unspecified atom stereocenters. The van der Waals surface area contributed by atoms with Crippen molar-refractivity contribution in [3.63, 3.8) is 0 Å². The Hall–Kier alpha value is -3.52. The normalized spacial score (nSPS) is 43.0. The number of allylic oxidation sites excluding steroid dienone is 2. The van der Waals surface area contributed by atoms with E-state index in [1.807, 2.05) is 24.3 Å². The molecule has 1 amide bonds. The van der Waals surface area contributed by atoms with Crippen LogP contribution in [-0.2, 0) is 39.9 Å². The van der Waals surface area contributed by atoms with Gasteiger partial charge in [0.05, 0.1) is 43.7 Å². The Labute approximate surface area is 412 Å². The van der Waals surface area contributed by atoms with Crippen LogP contribution in [0.5, 0.6) is 5.75 Å². The van der Waals surface area contributed by atoms with Gasteiger partial charge >= 0.3 is 5.97 Å². The number of nitrogens with one attached hydrogen (secondary N) is 1. The minimum absolute atomic E-state index is 0.0391. The van der Waals surface area contributed by atoms with Crippen LogP contribution in [0.1, 0.15) is 125 Å². The average Bonchev–Trinajstić information content (AvgIpc) is 3.80. The van der Waals surface area contributed by atoms with Crippen molar-refractivity contribution in [3.8, 4) is 11.4 Å². The topological polar surface area (TPSA) is 233 Å². The number of hydrogen-bond donors (Lipinski definition) is 6. The van der Waals surface area contributed by atoms with Crippen molar-refractivity contribution in [2.24, 2.45) is 50.2 Å². The van der Waals surface area contributed by atoms with E-state index in [-0.39, 0.29) is 70.8 Å². The van der Waals surface area contributed by atoms with Crippen LogP contribution in [0.25, 0.3) is 5.69 Å². The van der Waals surface area contributed by atoms with Crippen molar-refractivity contribution >= 4 is 11.9 Å². The van der Waals surface area contributed by atoms with Gasteiger partial charge in [0.25, 0.3) is 0 Å². The third-order valence-corrected chi connectivity index (χ3v) is 19.4. The van der Waals surface area contributed by atoms with Gasteiger partial charge in [0.1, 0.15) is 60.7 Å². The van der Waals surface area contributed by atoms with E-state index in [0.29, 0.717) is 23.8 Å². The summed E-state index contributed by atoms with van der Waals surface area (Å²) in [5, 5.41) is 64.7. The number of aliphatic hydroxyl groups excluding tert-OH is 5. The van der Waals surface area contributed by atoms with Crippen LogP contribution in [0, 0.1) is 50.2 Å². The van der Waals surface area contributed by atoms with E-state index in [9.17, 15) is 35.1 Å². The molecule has 6 N–H and O–H groups in total. The standard InChI is InChI=1S/C53H78N4O13/c1-29(58)54-40-43(62)42(61)36(28-67-46-44(63)41(60)35(59)27-66-46)69-45(40)70-39-16-17-50(6)37(49(39,4)5)15-18-52(8)38(50)14-13-33-34-24-48(2,3)19-21-53(34,22-20-51(33,52)7)47(64)68-26-30-25-57(56-55-30)31-11-10-12-32(23-31)65-9/h10-13,23,25,34-46,59-63H,14-22,24,26-28H2,1-9H3,(H,54,58)/t34-,35-,36+,37-,38+,39-,40+,41-,42+,43+,44-,45-,46-,50-,51+,52+,53-/m0/s1. The molecule has 3 heterocycles. The third-order valence-electron chi connectivity index (χ3n) is 19.4. The zero-order valence-electron chi connectivity index (χ0n) is 42.5. The maximum Gasteiger partial charge on any atom is 0.313 e. The molecule has 17 nitrogen and oxygen atoms in total. The van der Waals surface area contributed by atoms with Gasteiger partial charge < -0.3 is 59.3 Å². The second kappa shape index (κ2) is 18.8. The number of hydrogen-bond acceptors (Lipinski definition) is 15. The van der Waals surface area contributed by atoms with Crippen LogP contribution in [0.4, 0.5) is 0 Å². The summed E-state index contributed by atoms with van der Waals surface area (Å²) in [4.78, 5) is 27.2. The second-order valence-corrected chi connectivity index (χ2v) is 24.1. The first-order chi connectivity index (χ1) is 33.0. The maximum absolute atomic E-state index is 14.8. The lowest BCUT2D eigenvalue weighted by Crippen LogP contribution is -2.67. The molecule has 6 fully saturated rings. The highest BCUT2D eigenvalue weighted by Gasteiger charge is 2.70. The Morgan fingerprint density at radius 1 is 0.886 bits per heavy atom. The predicted octanol–water partition coefficient (Wildman–Crippen LogP) is 4.91. The van der Waals surface area contributed by atoms with Crippen LogP contribution in [0.2, 0.25) is 0 Å². The highest BCUT2D eigenvalue weighted by atomic mass is 16.7. The predicted molar refractivity (Wildman–Crippen MR) is 254 cm³/mol. The molecule has 0 bridgehead atoms. The highest BCUT2D eigenvalue weighted by Crippen LogP contribution is 2.76. The smallest absolute Gasteiger partial charge is 0.313 e. The van der Waals surface area contributed by atoms with Gasteiger partial charge in [-0.15, -0.1) is 5.10 Å². The fraction of sp³-hybridized carbons (Fsp3) is 0.774. The number of fused-ring (bicyclic) bond motifs is 7. The highest BCUT2D eigenvalue weighted by molar-refractivity contribution is 5.79. The van der Waals surface area contributed by atoms with Gasteiger partial charge in [-0.25, -0.2) is 4.68 Å². The minimum atomic E-state index is -1.55. The van der Waals surface area contributed by atoms with Crippen molar-refractivity contribution in [2.45, 2.75) is 188 Å². The van der Waals surface area contributed by atoms with E-state index in [4.69, 9.17) is 28.4 Å². The number of nitrogens with zero attached hydrogens (tertiary/aromatic N) is 3. The summed E-state index contributed by atoms with van der Waals surface area (Å²) in [6, 6.07) is 6.49. The number of aliphatic hydroxyl groups is 5. The van der Waals surface area contributed by atoms with Gasteiger partial charge in [-0.2, -0.15) is 0 Å². The van der Waals surface area contributed by atoms with E-state index >= 15 is 0 Å². The average molecular weight is 979 g/mol. The molecule has 2 aromatic rings. The summed E-state index contributed by atoms with van der Waals surface area (Å²) in [6.07, 6.45) is 1.96. The SMILES string of the molecule is COc1cccc(-n2cc(COC(=O)[C@]34CCC(C)(C)C[C@H]3C3=CC[C@@H]5[C@@]6(C)CC[C@H](O[C@@H]7O[C@H](CO[C@@H]8OC[C@H](O)[C@H](O)[C@@H]8O)[C@@H](O)[C@H](O)[C@H]7NC(C)=O)C(C)(C)[C@@H]6CC[C@@]5(C)[C@]3(C)CC4)nn2)c1. The molecule has 70 heavy (non-hydrogen) atoms. The van der Waals surface area contributed by atoms with Crippen LogP contribution in [-0.4, -0.2) is 134 Å². The Bertz CT molecular complexity index is 2290. The van der Waals surface area contributed by atoms with Gasteiger partial charge in [0.15, 0.2) is 12.6 Å². The molecule has 9 rings (SSSR count). The molecule has 2 saturated heterocycles. The summed E-state index contributed by atoms with van der Waals surface area (Å²) in [5.41, 5.74) is 1.69. The maximum atomic E-state index is 14.8. The van der Waals surface area contributed by atoms with Gasteiger partial charge in [0, 0.05) is 13.0 Å². The largest absolute Gasteiger partial charge is 0.497 e. The van der Waals surface area contributed by atoms with Crippen molar-refractivity contribution < 1.29 is 63.5 Å². The van der Waals surface area contributed by atoms with E-state index < -0.39 is 66.6 Å². The van der Waals surface area contributed by atoms with E-state index in [0.717, 1.165) is 63.5 Å². The van der Waals surface area contributed by atoms with E-state index in [1.54, 1.807) is 18.0 Å². The number of rotatable bonds is 11. The van der Waals surface area contributed by atoms with E-state index in [1.165, 1.54) is 12.5 Å². The first-order valence-electron chi connectivity index (χ1n) is 25.6. The van der Waals surface area contributed by atoms with Gasteiger partial charge in [-0.05, 0) is 121 Å². The van der Waals surface area contributed by atoms with Crippen molar-refractivity contribution in [3.05, 3.63) is 47.8 Å². The third kappa shape index (κ3) is 8.63. The zero-order valence-corrected chi connectivity index (χ0v) is 42.5. The minimum Gasteiger partial charge on any atom is -0.497 e. The van der Waals surface area contributed by atoms with Crippen LogP contribution >= 0.6 is 0 Å². The molecule has 17 atom stereocenters. The molecule has 4 saturated carbocycles. The first kappa shape index (κ1) is 51.4. The lowest BCUT2D eigenvalue weighted by molar-refractivity contribution is -0.322. The van der Waals surface area contributed by atoms with E-state index in [2.05, 4.69) is 70.2 Å². The number of carbonyl (C=O) groups is 2. The molecule has 0 spiro atoms. The molecule has 0 radical (unpaired) electrons. The number of carbonyl (C=O) groups excluding carboxylic acids is 2. The molecule has 388 valence electrons. The fourth-order valence-electron chi connectivity index (χ4n) is 15.2.